The number of nitrogens with two attached hydrogens (primary N) is 1. The molecule has 2 rings (SSSR count). The Morgan fingerprint density at radius 3 is 2.29 bits per heavy atom. The summed E-state index contributed by atoms with van der Waals surface area (Å²) in [5, 5.41) is 11.3. The molecule has 0 bridgehead atoms. The van der Waals surface area contributed by atoms with Gasteiger partial charge in [-0.05, 0) is 40.7 Å². The summed E-state index contributed by atoms with van der Waals surface area (Å²) in [5.41, 5.74) is 4.45. The van der Waals surface area contributed by atoms with Crippen LogP contribution in [0, 0.1) is 10.1 Å². The van der Waals surface area contributed by atoms with Crippen molar-refractivity contribution in [2.45, 2.75) is 45.8 Å². The molecule has 2 N–H and O–H groups in total. The predicted octanol–water partition coefficient (Wildman–Crippen LogP) is 1.65. The summed E-state index contributed by atoms with van der Waals surface area (Å²) in [4.78, 5) is 22.6. The second-order valence-electron chi connectivity index (χ2n) is 6.56. The second-order valence-corrected chi connectivity index (χ2v) is 6.56. The van der Waals surface area contributed by atoms with Crippen LogP contribution >= 0.6 is 0 Å². The van der Waals surface area contributed by atoms with Gasteiger partial charge in [0.1, 0.15) is 5.69 Å². The molecule has 1 aliphatic heterocycles. The van der Waals surface area contributed by atoms with Crippen molar-refractivity contribution in [3.05, 3.63) is 27.8 Å². The van der Waals surface area contributed by atoms with E-state index in [2.05, 4.69) is 0 Å². The summed E-state index contributed by atoms with van der Waals surface area (Å²) in [6.45, 7) is 9.22. The van der Waals surface area contributed by atoms with Crippen molar-refractivity contribution in [1.29, 1.82) is 0 Å². The van der Waals surface area contributed by atoms with Gasteiger partial charge in [0.15, 0.2) is 0 Å². The Bertz CT molecular complexity index is 673. The van der Waals surface area contributed by atoms with Crippen molar-refractivity contribution in [3.8, 4) is 0 Å². The number of nitro benzene ring substituents is 1. The number of carbonyl (C=O) groups is 1. The standard InChI is InChI=1S/C15H21BN2O6/c1-6-22-13(19)9-7-10(12(17)11(8-9)18(20)21)16-23-14(2,3)15(4,5)24-16/h7-8H,6,17H2,1-5H3. The minimum Gasteiger partial charge on any atom is -0.462 e. The first-order chi connectivity index (χ1) is 11.0. The third-order valence-corrected chi connectivity index (χ3v) is 4.41. The van der Waals surface area contributed by atoms with Crippen molar-refractivity contribution in [1.82, 2.24) is 0 Å². The molecular formula is C15H21BN2O6. The van der Waals surface area contributed by atoms with Crippen LogP contribution in [0.1, 0.15) is 45.0 Å². The predicted molar refractivity (Wildman–Crippen MR) is 89.2 cm³/mol. The molecule has 0 radical (unpaired) electrons. The molecule has 130 valence electrons. The van der Waals surface area contributed by atoms with Crippen LogP contribution < -0.4 is 11.2 Å². The highest BCUT2D eigenvalue weighted by atomic mass is 16.7. The van der Waals surface area contributed by atoms with E-state index in [1.165, 1.54) is 6.07 Å². The summed E-state index contributed by atoms with van der Waals surface area (Å²) in [6.07, 6.45) is 0. The van der Waals surface area contributed by atoms with Crippen molar-refractivity contribution in [3.63, 3.8) is 0 Å². The Labute approximate surface area is 140 Å². The van der Waals surface area contributed by atoms with Crippen LogP contribution in [0.3, 0.4) is 0 Å². The van der Waals surface area contributed by atoms with Crippen LogP contribution in [0.2, 0.25) is 0 Å². The minimum absolute atomic E-state index is 0.0301. The van der Waals surface area contributed by atoms with E-state index in [1.54, 1.807) is 6.92 Å². The van der Waals surface area contributed by atoms with Crippen LogP contribution in [0.4, 0.5) is 11.4 Å². The minimum atomic E-state index is -0.914. The number of nitro groups is 1. The van der Waals surface area contributed by atoms with Crippen molar-refractivity contribution in [2.75, 3.05) is 12.3 Å². The summed E-state index contributed by atoms with van der Waals surface area (Å²) >= 11 is 0. The van der Waals surface area contributed by atoms with E-state index in [1.807, 2.05) is 27.7 Å². The fourth-order valence-electron chi connectivity index (χ4n) is 2.31. The first kappa shape index (κ1) is 18.2. The van der Waals surface area contributed by atoms with Crippen LogP contribution in [0.15, 0.2) is 12.1 Å². The highest BCUT2D eigenvalue weighted by molar-refractivity contribution is 6.64. The van der Waals surface area contributed by atoms with Gasteiger partial charge in [0.25, 0.3) is 5.69 Å². The number of hydrogen-bond acceptors (Lipinski definition) is 7. The quantitative estimate of drug-likeness (QED) is 0.292. The molecule has 0 saturated carbocycles. The maximum atomic E-state index is 12.0. The fraction of sp³-hybridized carbons (Fsp3) is 0.533. The lowest BCUT2D eigenvalue weighted by molar-refractivity contribution is -0.383. The second kappa shape index (κ2) is 6.06. The van der Waals surface area contributed by atoms with E-state index < -0.39 is 29.2 Å². The van der Waals surface area contributed by atoms with Crippen LogP contribution in [-0.4, -0.2) is 35.8 Å². The Morgan fingerprint density at radius 1 is 1.29 bits per heavy atom. The molecule has 0 spiro atoms. The van der Waals surface area contributed by atoms with Gasteiger partial charge in [-0.2, -0.15) is 0 Å². The van der Waals surface area contributed by atoms with E-state index in [-0.39, 0.29) is 29.0 Å². The van der Waals surface area contributed by atoms with Gasteiger partial charge in [-0.1, -0.05) is 0 Å². The van der Waals surface area contributed by atoms with Gasteiger partial charge in [-0.25, -0.2) is 4.79 Å². The molecule has 24 heavy (non-hydrogen) atoms. The first-order valence-corrected chi connectivity index (χ1v) is 7.60. The number of anilines is 1. The van der Waals surface area contributed by atoms with Crippen LogP contribution in [-0.2, 0) is 14.0 Å². The highest BCUT2D eigenvalue weighted by Crippen LogP contribution is 2.37. The molecule has 8 nitrogen and oxygen atoms in total. The Hall–Kier alpha value is -2.13. The number of hydrogen-bond donors (Lipinski definition) is 1. The summed E-state index contributed by atoms with van der Waals surface area (Å²) < 4.78 is 16.7. The highest BCUT2D eigenvalue weighted by Gasteiger charge is 2.52. The monoisotopic (exact) mass is 336 g/mol. The fourth-order valence-corrected chi connectivity index (χ4v) is 2.31. The molecule has 0 unspecified atom stereocenters. The van der Waals surface area contributed by atoms with E-state index in [4.69, 9.17) is 19.8 Å². The number of carbonyl (C=O) groups excluding carboxylic acids is 1. The van der Waals surface area contributed by atoms with Gasteiger partial charge >= 0.3 is 13.1 Å². The zero-order valence-corrected chi connectivity index (χ0v) is 14.4. The largest absolute Gasteiger partial charge is 0.497 e. The average Bonchev–Trinajstić information content (AvgIpc) is 2.67. The molecule has 1 saturated heterocycles. The number of ether oxygens (including phenoxy) is 1. The normalized spacial score (nSPS) is 18.5. The lowest BCUT2D eigenvalue weighted by Crippen LogP contribution is -2.41. The lowest BCUT2D eigenvalue weighted by Gasteiger charge is -2.32. The molecule has 1 fully saturated rings. The van der Waals surface area contributed by atoms with Gasteiger partial charge in [0, 0.05) is 11.5 Å². The van der Waals surface area contributed by atoms with E-state index in [9.17, 15) is 14.9 Å². The van der Waals surface area contributed by atoms with Gasteiger partial charge in [-0.3, -0.25) is 10.1 Å². The molecule has 1 aromatic carbocycles. The third-order valence-electron chi connectivity index (χ3n) is 4.41. The zero-order chi connectivity index (χ0) is 18.3. The van der Waals surface area contributed by atoms with E-state index >= 15 is 0 Å². The maximum absolute atomic E-state index is 12.0. The third kappa shape index (κ3) is 3.09. The molecular weight excluding hydrogens is 315 g/mol. The number of nitrogen functional groups attached to an aromatic ring is 1. The summed E-state index contributed by atoms with van der Waals surface area (Å²) in [6, 6.07) is 2.52. The molecule has 0 aliphatic carbocycles. The topological polar surface area (TPSA) is 114 Å². The van der Waals surface area contributed by atoms with Crippen molar-refractivity contribution < 1.29 is 23.8 Å². The average molecular weight is 336 g/mol. The molecule has 1 aliphatic rings. The molecule has 0 amide bonds. The summed E-state index contributed by atoms with van der Waals surface area (Å²) in [7, 11) is -0.914. The molecule has 1 aromatic rings. The smallest absolute Gasteiger partial charge is 0.462 e. The number of benzene rings is 1. The molecule has 9 heteroatoms. The van der Waals surface area contributed by atoms with Crippen molar-refractivity contribution >= 4 is 29.9 Å². The number of nitrogens with zero attached hydrogens (tertiary/aromatic N) is 1. The molecule has 0 aromatic heterocycles. The van der Waals surface area contributed by atoms with E-state index in [0.29, 0.717) is 0 Å². The Balaban J connectivity index is 2.53. The van der Waals surface area contributed by atoms with Crippen molar-refractivity contribution in [2.24, 2.45) is 0 Å². The Morgan fingerprint density at radius 2 is 1.83 bits per heavy atom. The van der Waals surface area contributed by atoms with E-state index in [0.717, 1.165) is 6.07 Å². The zero-order valence-electron chi connectivity index (χ0n) is 14.4. The maximum Gasteiger partial charge on any atom is 0.497 e. The van der Waals surface area contributed by atoms with Gasteiger partial charge in [0.05, 0.1) is 28.3 Å². The number of esters is 1. The van der Waals surface area contributed by atoms with Gasteiger partial charge in [-0.15, -0.1) is 0 Å². The van der Waals surface area contributed by atoms with Gasteiger partial charge < -0.3 is 19.8 Å². The van der Waals surface area contributed by atoms with Crippen LogP contribution in [0.25, 0.3) is 0 Å². The number of rotatable bonds is 4. The van der Waals surface area contributed by atoms with Gasteiger partial charge in [0.2, 0.25) is 0 Å². The molecule has 0 atom stereocenters. The Kier molecular flexibility index (Phi) is 4.60. The van der Waals surface area contributed by atoms with Crippen LogP contribution in [0.5, 0.6) is 0 Å². The molecule has 1 heterocycles. The summed E-state index contributed by atoms with van der Waals surface area (Å²) in [5.74, 6) is -0.668. The lowest BCUT2D eigenvalue weighted by atomic mass is 9.76. The first-order valence-electron chi connectivity index (χ1n) is 7.60. The SMILES string of the molecule is CCOC(=O)c1cc(B2OC(C)(C)C(C)(C)O2)c(N)c([N+](=O)[O-])c1.